The molecule has 1 aromatic heterocycles. The fourth-order valence-electron chi connectivity index (χ4n) is 2.03. The lowest BCUT2D eigenvalue weighted by Crippen LogP contribution is -2.15. The van der Waals surface area contributed by atoms with Crippen LogP contribution in [0.3, 0.4) is 0 Å². The molecule has 0 amide bonds. The van der Waals surface area contributed by atoms with E-state index >= 15 is 0 Å². The Labute approximate surface area is 134 Å². The topological polar surface area (TPSA) is 88.5 Å². The summed E-state index contributed by atoms with van der Waals surface area (Å²) in [5.41, 5.74) is -0.611. The summed E-state index contributed by atoms with van der Waals surface area (Å²) in [4.78, 5) is 7.36. The van der Waals surface area contributed by atoms with Gasteiger partial charge in [0.25, 0.3) is 0 Å². The largest absolute Gasteiger partial charge is 0.454 e. The number of anilines is 3. The van der Waals surface area contributed by atoms with Gasteiger partial charge in [0.15, 0.2) is 17.2 Å². The maximum atomic E-state index is 13.0. The van der Waals surface area contributed by atoms with Gasteiger partial charge in [-0.25, -0.2) is 4.98 Å². The normalized spacial score (nSPS) is 13.0. The van der Waals surface area contributed by atoms with Crippen LogP contribution in [-0.2, 0) is 6.18 Å². The standard InChI is InChI=1S/C14H13F3N4O3/c15-14(16,17)11-6-12(21-13(20-11)18-3-4-22)19-8-1-2-9-10(5-8)24-7-23-9/h1-2,5-6,22H,3-4,7H2,(H2,18,19,20,21). The summed E-state index contributed by atoms with van der Waals surface area (Å²) in [7, 11) is 0. The van der Waals surface area contributed by atoms with Gasteiger partial charge in [-0.1, -0.05) is 0 Å². The van der Waals surface area contributed by atoms with Gasteiger partial charge in [-0.2, -0.15) is 18.2 Å². The van der Waals surface area contributed by atoms with Crippen LogP contribution in [0.25, 0.3) is 0 Å². The molecular formula is C14H13F3N4O3. The molecule has 7 nitrogen and oxygen atoms in total. The van der Waals surface area contributed by atoms with Gasteiger partial charge >= 0.3 is 6.18 Å². The number of aliphatic hydroxyl groups is 1. The number of ether oxygens (including phenoxy) is 2. The van der Waals surface area contributed by atoms with Gasteiger partial charge in [0.1, 0.15) is 5.82 Å². The number of benzene rings is 1. The van der Waals surface area contributed by atoms with Crippen LogP contribution in [0.5, 0.6) is 11.5 Å². The van der Waals surface area contributed by atoms with E-state index in [0.29, 0.717) is 17.2 Å². The monoisotopic (exact) mass is 342 g/mol. The molecule has 0 saturated heterocycles. The Morgan fingerprint density at radius 2 is 1.92 bits per heavy atom. The van der Waals surface area contributed by atoms with Crippen molar-refractivity contribution < 1.29 is 27.8 Å². The number of hydrogen-bond donors (Lipinski definition) is 3. The predicted octanol–water partition coefficient (Wildman–Crippen LogP) is 2.37. The quantitative estimate of drug-likeness (QED) is 0.769. The summed E-state index contributed by atoms with van der Waals surface area (Å²) in [5, 5.41) is 14.1. The predicted molar refractivity (Wildman–Crippen MR) is 78.5 cm³/mol. The molecule has 3 rings (SSSR count). The first-order chi connectivity index (χ1) is 11.5. The van der Waals surface area contributed by atoms with Crippen molar-refractivity contribution in [2.45, 2.75) is 6.18 Å². The average Bonchev–Trinajstić information content (AvgIpc) is 2.99. The van der Waals surface area contributed by atoms with Crippen molar-refractivity contribution in [3.63, 3.8) is 0 Å². The Balaban J connectivity index is 1.88. The first-order valence-electron chi connectivity index (χ1n) is 6.93. The van der Waals surface area contributed by atoms with Gasteiger partial charge in [-0.3, -0.25) is 0 Å². The fraction of sp³-hybridized carbons (Fsp3) is 0.286. The van der Waals surface area contributed by atoms with Gasteiger partial charge in [0.05, 0.1) is 6.61 Å². The number of alkyl halides is 3. The molecule has 2 aromatic rings. The molecule has 3 N–H and O–H groups in total. The van der Waals surface area contributed by atoms with E-state index in [4.69, 9.17) is 14.6 Å². The van der Waals surface area contributed by atoms with Crippen LogP contribution in [0.15, 0.2) is 24.3 Å². The number of halogens is 3. The van der Waals surface area contributed by atoms with Gasteiger partial charge in [0.2, 0.25) is 12.7 Å². The Morgan fingerprint density at radius 3 is 2.67 bits per heavy atom. The lowest BCUT2D eigenvalue weighted by atomic mass is 10.2. The molecule has 0 bridgehead atoms. The molecule has 0 radical (unpaired) electrons. The number of fused-ring (bicyclic) bond motifs is 1. The Morgan fingerprint density at radius 1 is 1.12 bits per heavy atom. The van der Waals surface area contributed by atoms with Crippen molar-refractivity contribution in [3.8, 4) is 11.5 Å². The molecule has 0 atom stereocenters. The minimum atomic E-state index is -4.62. The maximum Gasteiger partial charge on any atom is 0.433 e. The third-order valence-corrected chi connectivity index (χ3v) is 3.06. The van der Waals surface area contributed by atoms with Crippen molar-refractivity contribution in [3.05, 3.63) is 30.0 Å². The van der Waals surface area contributed by atoms with E-state index in [-0.39, 0.29) is 31.7 Å². The minimum absolute atomic E-state index is 0.0325. The Hall–Kier alpha value is -2.75. The second-order valence-electron chi connectivity index (χ2n) is 4.80. The van der Waals surface area contributed by atoms with E-state index in [1.54, 1.807) is 18.2 Å². The van der Waals surface area contributed by atoms with E-state index in [9.17, 15) is 13.2 Å². The van der Waals surface area contributed by atoms with Crippen LogP contribution >= 0.6 is 0 Å². The van der Waals surface area contributed by atoms with Gasteiger partial charge in [0, 0.05) is 24.4 Å². The summed E-state index contributed by atoms with van der Waals surface area (Å²) in [6, 6.07) is 5.67. The summed E-state index contributed by atoms with van der Waals surface area (Å²) >= 11 is 0. The van der Waals surface area contributed by atoms with Crippen molar-refractivity contribution in [1.29, 1.82) is 0 Å². The molecule has 24 heavy (non-hydrogen) atoms. The molecule has 0 aliphatic carbocycles. The molecule has 1 aromatic carbocycles. The van der Waals surface area contributed by atoms with Crippen LogP contribution < -0.4 is 20.1 Å². The van der Waals surface area contributed by atoms with Crippen molar-refractivity contribution in [1.82, 2.24) is 9.97 Å². The summed E-state index contributed by atoms with van der Waals surface area (Å²) < 4.78 is 49.3. The molecule has 128 valence electrons. The summed E-state index contributed by atoms with van der Waals surface area (Å²) in [5.74, 6) is 0.770. The molecule has 10 heteroatoms. The van der Waals surface area contributed by atoms with E-state index in [2.05, 4.69) is 20.6 Å². The molecular weight excluding hydrogens is 329 g/mol. The van der Waals surface area contributed by atoms with Crippen LogP contribution in [0.2, 0.25) is 0 Å². The SMILES string of the molecule is OCCNc1nc(Nc2ccc3c(c2)OCO3)cc(C(F)(F)F)n1. The zero-order chi connectivity index (χ0) is 17.2. The van der Waals surface area contributed by atoms with Crippen molar-refractivity contribution in [2.75, 3.05) is 30.6 Å². The smallest absolute Gasteiger partial charge is 0.433 e. The highest BCUT2D eigenvalue weighted by molar-refractivity contribution is 5.62. The van der Waals surface area contributed by atoms with Gasteiger partial charge in [-0.05, 0) is 12.1 Å². The van der Waals surface area contributed by atoms with E-state index in [1.807, 2.05) is 0 Å². The Kier molecular flexibility index (Phi) is 4.30. The highest BCUT2D eigenvalue weighted by Crippen LogP contribution is 2.35. The molecule has 1 aliphatic heterocycles. The first kappa shape index (κ1) is 16.1. The number of rotatable bonds is 5. The molecule has 0 saturated carbocycles. The lowest BCUT2D eigenvalue weighted by molar-refractivity contribution is -0.141. The molecule has 0 spiro atoms. The van der Waals surface area contributed by atoms with Crippen LogP contribution in [0.1, 0.15) is 5.69 Å². The van der Waals surface area contributed by atoms with E-state index in [0.717, 1.165) is 6.07 Å². The summed E-state index contributed by atoms with van der Waals surface area (Å²) in [6.45, 7) is -0.130. The zero-order valence-corrected chi connectivity index (χ0v) is 12.2. The second kappa shape index (κ2) is 6.40. The van der Waals surface area contributed by atoms with E-state index in [1.165, 1.54) is 0 Å². The highest BCUT2D eigenvalue weighted by Gasteiger charge is 2.33. The molecule has 1 aliphatic rings. The van der Waals surface area contributed by atoms with E-state index < -0.39 is 11.9 Å². The van der Waals surface area contributed by atoms with Gasteiger partial charge < -0.3 is 25.2 Å². The molecule has 0 unspecified atom stereocenters. The highest BCUT2D eigenvalue weighted by atomic mass is 19.4. The molecule has 2 heterocycles. The fourth-order valence-corrected chi connectivity index (χ4v) is 2.03. The van der Waals surface area contributed by atoms with Crippen LogP contribution in [0.4, 0.5) is 30.6 Å². The number of aliphatic hydroxyl groups excluding tert-OH is 1. The van der Waals surface area contributed by atoms with Crippen LogP contribution in [-0.4, -0.2) is 35.0 Å². The van der Waals surface area contributed by atoms with Crippen molar-refractivity contribution in [2.24, 2.45) is 0 Å². The number of nitrogens with one attached hydrogen (secondary N) is 2. The minimum Gasteiger partial charge on any atom is -0.454 e. The number of nitrogens with zero attached hydrogens (tertiary/aromatic N) is 2. The third-order valence-electron chi connectivity index (χ3n) is 3.06. The zero-order valence-electron chi connectivity index (χ0n) is 12.2. The number of hydrogen-bond acceptors (Lipinski definition) is 7. The second-order valence-corrected chi connectivity index (χ2v) is 4.80. The number of aromatic nitrogens is 2. The maximum absolute atomic E-state index is 13.0. The van der Waals surface area contributed by atoms with Crippen molar-refractivity contribution >= 4 is 17.5 Å². The Bertz CT molecular complexity index is 740. The molecule has 0 fully saturated rings. The van der Waals surface area contributed by atoms with Gasteiger partial charge in [-0.15, -0.1) is 0 Å². The summed E-state index contributed by atoms with van der Waals surface area (Å²) in [6.07, 6.45) is -4.62. The van der Waals surface area contributed by atoms with Crippen LogP contribution in [0, 0.1) is 0 Å². The lowest BCUT2D eigenvalue weighted by Gasteiger charge is -2.12. The first-order valence-corrected chi connectivity index (χ1v) is 6.93. The average molecular weight is 342 g/mol. The third kappa shape index (κ3) is 3.59.